The molecule has 0 atom stereocenters. The molecular weight excluding hydrogens is 354 g/mol. The smallest absolute Gasteiger partial charge is 0.279 e. The molecule has 2 aliphatic heterocycles. The minimum atomic E-state index is -0.181. The molecular formula is C19H16ClN3O3. The summed E-state index contributed by atoms with van der Waals surface area (Å²) in [6.07, 6.45) is 2.35. The maximum Gasteiger partial charge on any atom is 0.279 e. The minimum absolute atomic E-state index is 0.181. The van der Waals surface area contributed by atoms with E-state index in [-0.39, 0.29) is 5.91 Å². The van der Waals surface area contributed by atoms with Gasteiger partial charge in [-0.2, -0.15) is 5.10 Å². The molecule has 0 spiro atoms. The number of amides is 1. The van der Waals surface area contributed by atoms with Gasteiger partial charge in [0.1, 0.15) is 0 Å². The summed E-state index contributed by atoms with van der Waals surface area (Å²) in [7, 11) is 1.72. The molecule has 0 N–H and O–H groups in total. The van der Waals surface area contributed by atoms with Crippen molar-refractivity contribution in [3.8, 4) is 11.5 Å². The average Bonchev–Trinajstić information content (AvgIpc) is 2.82. The van der Waals surface area contributed by atoms with Gasteiger partial charge in [0.2, 0.25) is 0 Å². The topological polar surface area (TPSA) is 63.5 Å². The highest BCUT2D eigenvalue weighted by atomic mass is 35.5. The summed E-state index contributed by atoms with van der Waals surface area (Å²) in [5.74, 6) is 0.959. The van der Waals surface area contributed by atoms with Crippen molar-refractivity contribution in [3.05, 3.63) is 52.5 Å². The summed E-state index contributed by atoms with van der Waals surface area (Å²) in [5, 5.41) is 8.67. The largest absolute Gasteiger partial charge is 0.489 e. The lowest BCUT2D eigenvalue weighted by Gasteiger charge is -2.09. The van der Waals surface area contributed by atoms with E-state index < -0.39 is 0 Å². The molecule has 6 nitrogen and oxygen atoms in total. The first-order valence-corrected chi connectivity index (χ1v) is 8.60. The SMILES string of the molecule is CN1C(=O)/C(=N/N=C\c2cc(Cl)c3c(c2)OCCCO3)c2ccccc21. The lowest BCUT2D eigenvalue weighted by atomic mass is 10.1. The number of carbonyl (C=O) groups excluding carboxylic acids is 1. The number of ether oxygens (including phenoxy) is 2. The van der Waals surface area contributed by atoms with Crippen LogP contribution >= 0.6 is 11.6 Å². The number of hydrogen-bond donors (Lipinski definition) is 0. The van der Waals surface area contributed by atoms with Crippen LogP contribution in [-0.2, 0) is 4.79 Å². The Balaban J connectivity index is 1.63. The van der Waals surface area contributed by atoms with Crippen LogP contribution < -0.4 is 14.4 Å². The molecule has 4 rings (SSSR count). The maximum absolute atomic E-state index is 12.4. The van der Waals surface area contributed by atoms with Gasteiger partial charge in [-0.3, -0.25) is 4.79 Å². The average molecular weight is 370 g/mol. The summed E-state index contributed by atoms with van der Waals surface area (Å²) in [6, 6.07) is 11.0. The molecule has 0 unspecified atom stereocenters. The first kappa shape index (κ1) is 16.6. The van der Waals surface area contributed by atoms with E-state index in [1.807, 2.05) is 24.3 Å². The predicted molar refractivity (Wildman–Crippen MR) is 101 cm³/mol. The molecule has 1 amide bonds. The Morgan fingerprint density at radius 2 is 2.00 bits per heavy atom. The molecule has 2 heterocycles. The Bertz CT molecular complexity index is 940. The van der Waals surface area contributed by atoms with Gasteiger partial charge >= 0.3 is 0 Å². The van der Waals surface area contributed by atoms with Crippen molar-refractivity contribution in [2.45, 2.75) is 6.42 Å². The van der Waals surface area contributed by atoms with Gasteiger partial charge in [-0.15, -0.1) is 5.10 Å². The molecule has 7 heteroatoms. The van der Waals surface area contributed by atoms with Crippen LogP contribution in [0.25, 0.3) is 0 Å². The molecule has 0 fully saturated rings. The fourth-order valence-corrected chi connectivity index (χ4v) is 3.20. The van der Waals surface area contributed by atoms with Gasteiger partial charge in [0, 0.05) is 24.6 Å². The van der Waals surface area contributed by atoms with Crippen LogP contribution in [0.4, 0.5) is 5.69 Å². The van der Waals surface area contributed by atoms with E-state index in [4.69, 9.17) is 21.1 Å². The molecule has 0 bridgehead atoms. The summed E-state index contributed by atoms with van der Waals surface area (Å²) in [6.45, 7) is 1.15. The van der Waals surface area contributed by atoms with E-state index in [1.165, 1.54) is 0 Å². The van der Waals surface area contributed by atoms with E-state index in [9.17, 15) is 4.79 Å². The second kappa shape index (κ2) is 6.80. The highest BCUT2D eigenvalue weighted by molar-refractivity contribution is 6.54. The predicted octanol–water partition coefficient (Wildman–Crippen LogP) is 3.30. The number of rotatable bonds is 2. The van der Waals surface area contributed by atoms with Crippen molar-refractivity contribution in [2.24, 2.45) is 10.2 Å². The number of fused-ring (bicyclic) bond motifs is 2. The normalized spacial score (nSPS) is 17.7. The number of hydrogen-bond acceptors (Lipinski definition) is 5. The standard InChI is InChI=1S/C19H16ClN3O3/c1-23-15-6-3-2-5-13(15)17(19(23)24)22-21-11-12-9-14(20)18-16(10-12)25-7-4-8-26-18/h2-3,5-6,9-11H,4,7-8H2,1H3/b21-11-,22-17+. The Morgan fingerprint density at radius 3 is 2.88 bits per heavy atom. The molecule has 2 aliphatic rings. The molecule has 0 radical (unpaired) electrons. The third-order valence-corrected chi connectivity index (χ3v) is 4.50. The van der Waals surface area contributed by atoms with E-state index >= 15 is 0 Å². The lowest BCUT2D eigenvalue weighted by Crippen LogP contribution is -2.25. The zero-order valence-electron chi connectivity index (χ0n) is 14.1. The van der Waals surface area contributed by atoms with Crippen molar-refractivity contribution in [1.82, 2.24) is 0 Å². The first-order valence-electron chi connectivity index (χ1n) is 8.23. The fraction of sp³-hybridized carbons (Fsp3) is 0.211. The van der Waals surface area contributed by atoms with Crippen LogP contribution in [0.15, 0.2) is 46.6 Å². The molecule has 132 valence electrons. The molecule has 26 heavy (non-hydrogen) atoms. The number of nitrogens with zero attached hydrogens (tertiary/aromatic N) is 3. The van der Waals surface area contributed by atoms with Crippen molar-refractivity contribution >= 4 is 35.1 Å². The van der Waals surface area contributed by atoms with Gasteiger partial charge in [-0.1, -0.05) is 29.8 Å². The van der Waals surface area contributed by atoms with Crippen LogP contribution in [0, 0.1) is 0 Å². The van der Waals surface area contributed by atoms with Crippen LogP contribution in [0.1, 0.15) is 17.5 Å². The number of likely N-dealkylation sites (N-methyl/N-ethyl adjacent to an activating group) is 1. The van der Waals surface area contributed by atoms with Crippen LogP contribution in [0.5, 0.6) is 11.5 Å². The highest BCUT2D eigenvalue weighted by Gasteiger charge is 2.31. The van der Waals surface area contributed by atoms with Crippen LogP contribution in [-0.4, -0.2) is 38.1 Å². The zero-order chi connectivity index (χ0) is 18.1. The van der Waals surface area contributed by atoms with Gasteiger partial charge in [0.15, 0.2) is 17.2 Å². The van der Waals surface area contributed by atoms with Crippen molar-refractivity contribution in [2.75, 3.05) is 25.2 Å². The summed E-state index contributed by atoms with van der Waals surface area (Å²) in [4.78, 5) is 13.9. The number of anilines is 1. The Hall–Kier alpha value is -2.86. The fourth-order valence-electron chi connectivity index (χ4n) is 2.92. The Kier molecular flexibility index (Phi) is 4.34. The van der Waals surface area contributed by atoms with E-state index in [2.05, 4.69) is 10.2 Å². The molecule has 0 aliphatic carbocycles. The summed E-state index contributed by atoms with van der Waals surface area (Å²) >= 11 is 6.27. The van der Waals surface area contributed by atoms with Gasteiger partial charge in [-0.25, -0.2) is 0 Å². The van der Waals surface area contributed by atoms with Gasteiger partial charge < -0.3 is 14.4 Å². The monoisotopic (exact) mass is 369 g/mol. The number of para-hydroxylation sites is 1. The summed E-state index contributed by atoms with van der Waals surface area (Å²) in [5.41, 5.74) is 2.63. The number of carbonyl (C=O) groups is 1. The molecule has 2 aromatic carbocycles. The second-order valence-corrected chi connectivity index (χ2v) is 6.36. The lowest BCUT2D eigenvalue weighted by molar-refractivity contribution is -0.111. The van der Waals surface area contributed by atoms with Gasteiger partial charge in [0.05, 0.1) is 30.1 Å². The van der Waals surface area contributed by atoms with E-state index in [0.29, 0.717) is 35.4 Å². The molecule has 0 saturated carbocycles. The first-order chi connectivity index (χ1) is 12.6. The van der Waals surface area contributed by atoms with Gasteiger partial charge in [0.25, 0.3) is 5.91 Å². The minimum Gasteiger partial charge on any atom is -0.489 e. The quantitative estimate of drug-likeness (QED) is 0.602. The zero-order valence-corrected chi connectivity index (χ0v) is 14.9. The molecule has 2 aromatic rings. The van der Waals surface area contributed by atoms with Gasteiger partial charge in [-0.05, 0) is 18.2 Å². The second-order valence-electron chi connectivity index (χ2n) is 5.95. The van der Waals surface area contributed by atoms with E-state index in [0.717, 1.165) is 23.2 Å². The maximum atomic E-state index is 12.4. The number of benzene rings is 2. The third kappa shape index (κ3) is 2.93. The van der Waals surface area contributed by atoms with Crippen molar-refractivity contribution < 1.29 is 14.3 Å². The van der Waals surface area contributed by atoms with Crippen LogP contribution in [0.3, 0.4) is 0 Å². The molecule has 0 aromatic heterocycles. The van der Waals surface area contributed by atoms with Crippen LogP contribution in [0.2, 0.25) is 5.02 Å². The summed E-state index contributed by atoms with van der Waals surface area (Å²) < 4.78 is 11.3. The Labute approximate surface area is 155 Å². The third-order valence-electron chi connectivity index (χ3n) is 4.22. The highest BCUT2D eigenvalue weighted by Crippen LogP contribution is 2.37. The van der Waals surface area contributed by atoms with E-state index in [1.54, 1.807) is 30.3 Å². The van der Waals surface area contributed by atoms with Crippen molar-refractivity contribution in [3.63, 3.8) is 0 Å². The number of halogens is 1. The Morgan fingerprint density at radius 1 is 1.19 bits per heavy atom. The van der Waals surface area contributed by atoms with Crippen molar-refractivity contribution in [1.29, 1.82) is 0 Å². The molecule has 0 saturated heterocycles.